The summed E-state index contributed by atoms with van der Waals surface area (Å²) in [7, 11) is 0. The third-order valence-electron chi connectivity index (χ3n) is 4.15. The van der Waals surface area contributed by atoms with Crippen LogP contribution in [0.25, 0.3) is 0 Å². The first-order chi connectivity index (χ1) is 8.74. The lowest BCUT2D eigenvalue weighted by molar-refractivity contribution is 0.249. The summed E-state index contributed by atoms with van der Waals surface area (Å²) in [6.45, 7) is 3.64. The van der Waals surface area contributed by atoms with Gasteiger partial charge >= 0.3 is 0 Å². The van der Waals surface area contributed by atoms with E-state index in [1.165, 1.54) is 17.5 Å². The van der Waals surface area contributed by atoms with E-state index in [1.807, 2.05) is 6.07 Å². The molecule has 0 radical (unpaired) electrons. The van der Waals surface area contributed by atoms with E-state index < -0.39 is 0 Å². The van der Waals surface area contributed by atoms with Crippen molar-refractivity contribution < 1.29 is 9.47 Å². The second-order valence-corrected chi connectivity index (χ2v) is 5.33. The predicted molar refractivity (Wildman–Crippen MR) is 71.1 cm³/mol. The summed E-state index contributed by atoms with van der Waals surface area (Å²) >= 11 is 0. The molecule has 0 unspecified atom stereocenters. The van der Waals surface area contributed by atoms with Gasteiger partial charge in [-0.25, -0.2) is 0 Å². The van der Waals surface area contributed by atoms with Gasteiger partial charge in [-0.15, -0.1) is 0 Å². The summed E-state index contributed by atoms with van der Waals surface area (Å²) in [6.07, 6.45) is 5.29. The van der Waals surface area contributed by atoms with Crippen LogP contribution < -0.4 is 15.2 Å². The van der Waals surface area contributed by atoms with Crippen molar-refractivity contribution in [3.05, 3.63) is 23.3 Å². The Bertz CT molecular complexity index is 452. The van der Waals surface area contributed by atoms with Gasteiger partial charge in [-0.3, -0.25) is 0 Å². The fraction of sp³-hybridized carbons (Fsp3) is 0.600. The maximum atomic E-state index is 6.48. The largest absolute Gasteiger partial charge is 0.490 e. The molecule has 3 heteroatoms. The number of hydrogen-bond donors (Lipinski definition) is 1. The van der Waals surface area contributed by atoms with Crippen molar-refractivity contribution in [1.82, 2.24) is 0 Å². The van der Waals surface area contributed by atoms with Gasteiger partial charge in [0, 0.05) is 17.5 Å². The minimum Gasteiger partial charge on any atom is -0.490 e. The lowest BCUT2D eigenvalue weighted by atomic mass is 9.71. The average molecular weight is 247 g/mol. The Balaban J connectivity index is 2.08. The zero-order valence-corrected chi connectivity index (χ0v) is 11.0. The molecule has 1 aliphatic heterocycles. The van der Waals surface area contributed by atoms with Crippen LogP contribution in [0.5, 0.6) is 11.5 Å². The number of benzene rings is 1. The molecule has 0 atom stereocenters. The van der Waals surface area contributed by atoms with Crippen LogP contribution in [0, 0.1) is 0 Å². The Morgan fingerprint density at radius 1 is 1.17 bits per heavy atom. The van der Waals surface area contributed by atoms with Gasteiger partial charge in [0.1, 0.15) is 0 Å². The normalized spacial score (nSPS) is 21.0. The van der Waals surface area contributed by atoms with Gasteiger partial charge in [0.25, 0.3) is 0 Å². The zero-order valence-electron chi connectivity index (χ0n) is 11.0. The fourth-order valence-electron chi connectivity index (χ4n) is 2.94. The molecule has 18 heavy (non-hydrogen) atoms. The van der Waals surface area contributed by atoms with Crippen molar-refractivity contribution in [2.75, 3.05) is 13.2 Å². The molecule has 1 saturated carbocycles. The van der Waals surface area contributed by atoms with Crippen molar-refractivity contribution in [3.63, 3.8) is 0 Å². The Labute approximate surface area is 108 Å². The number of ether oxygens (including phenoxy) is 2. The monoisotopic (exact) mass is 247 g/mol. The van der Waals surface area contributed by atoms with E-state index in [-0.39, 0.29) is 5.54 Å². The third kappa shape index (κ3) is 1.77. The average Bonchev–Trinajstić information content (AvgIpc) is 2.59. The van der Waals surface area contributed by atoms with Crippen LogP contribution in [0.15, 0.2) is 12.1 Å². The van der Waals surface area contributed by atoms with Crippen LogP contribution in [0.2, 0.25) is 0 Å². The zero-order chi connectivity index (χ0) is 12.6. The van der Waals surface area contributed by atoms with Crippen molar-refractivity contribution in [1.29, 1.82) is 0 Å². The van der Waals surface area contributed by atoms with Crippen LogP contribution >= 0.6 is 0 Å². The molecule has 1 aromatic rings. The highest BCUT2D eigenvalue weighted by Gasteiger charge is 2.37. The van der Waals surface area contributed by atoms with E-state index in [1.54, 1.807) is 0 Å². The first-order valence-electron chi connectivity index (χ1n) is 6.95. The summed E-state index contributed by atoms with van der Waals surface area (Å²) in [6, 6.07) is 4.17. The number of hydrogen-bond acceptors (Lipinski definition) is 3. The van der Waals surface area contributed by atoms with Gasteiger partial charge in [0.05, 0.1) is 13.2 Å². The van der Waals surface area contributed by atoms with Gasteiger partial charge in [-0.1, -0.05) is 13.0 Å². The van der Waals surface area contributed by atoms with Crippen molar-refractivity contribution in [2.45, 2.75) is 44.6 Å². The second-order valence-electron chi connectivity index (χ2n) is 5.33. The van der Waals surface area contributed by atoms with Crippen molar-refractivity contribution >= 4 is 0 Å². The van der Waals surface area contributed by atoms with E-state index in [0.717, 1.165) is 50.4 Å². The van der Waals surface area contributed by atoms with Crippen molar-refractivity contribution in [2.24, 2.45) is 5.73 Å². The number of nitrogens with two attached hydrogens (primary N) is 1. The van der Waals surface area contributed by atoms with E-state index in [0.29, 0.717) is 0 Å². The summed E-state index contributed by atoms with van der Waals surface area (Å²) in [5.74, 6) is 1.82. The SMILES string of the molecule is CCc1c(C2(N)CCC2)ccc2c1OCCCO2. The molecule has 3 nitrogen and oxygen atoms in total. The van der Waals surface area contributed by atoms with Crippen molar-refractivity contribution in [3.8, 4) is 11.5 Å². The molecule has 1 aromatic carbocycles. The lowest BCUT2D eigenvalue weighted by Crippen LogP contribution is -2.44. The van der Waals surface area contributed by atoms with Gasteiger partial charge in [-0.2, -0.15) is 0 Å². The maximum Gasteiger partial charge on any atom is 0.164 e. The fourth-order valence-corrected chi connectivity index (χ4v) is 2.94. The lowest BCUT2D eigenvalue weighted by Gasteiger charge is -2.40. The summed E-state index contributed by atoms with van der Waals surface area (Å²) < 4.78 is 11.6. The van der Waals surface area contributed by atoms with E-state index in [4.69, 9.17) is 15.2 Å². The Morgan fingerprint density at radius 3 is 2.61 bits per heavy atom. The van der Waals surface area contributed by atoms with E-state index >= 15 is 0 Å². The highest BCUT2D eigenvalue weighted by atomic mass is 16.5. The second kappa shape index (κ2) is 4.47. The molecular formula is C15H21NO2. The highest BCUT2D eigenvalue weighted by Crippen LogP contribution is 2.45. The molecule has 0 bridgehead atoms. The summed E-state index contributed by atoms with van der Waals surface area (Å²) in [5.41, 5.74) is 8.86. The summed E-state index contributed by atoms with van der Waals surface area (Å²) in [4.78, 5) is 0. The van der Waals surface area contributed by atoms with E-state index in [9.17, 15) is 0 Å². The Morgan fingerprint density at radius 2 is 1.94 bits per heavy atom. The molecule has 2 N–H and O–H groups in total. The first-order valence-corrected chi connectivity index (χ1v) is 6.95. The summed E-state index contributed by atoms with van der Waals surface area (Å²) in [5, 5.41) is 0. The predicted octanol–water partition coefficient (Wildman–Crippen LogP) is 2.75. The minimum absolute atomic E-state index is 0.129. The molecule has 1 aliphatic carbocycles. The first kappa shape index (κ1) is 11.8. The Hall–Kier alpha value is -1.22. The molecule has 0 aromatic heterocycles. The molecular weight excluding hydrogens is 226 g/mol. The molecule has 1 fully saturated rings. The molecule has 2 aliphatic rings. The van der Waals surface area contributed by atoms with Crippen LogP contribution in [-0.2, 0) is 12.0 Å². The highest BCUT2D eigenvalue weighted by molar-refractivity contribution is 5.53. The number of fused-ring (bicyclic) bond motifs is 1. The topological polar surface area (TPSA) is 44.5 Å². The van der Waals surface area contributed by atoms with Crippen LogP contribution in [0.1, 0.15) is 43.7 Å². The molecule has 0 amide bonds. The molecule has 0 saturated heterocycles. The van der Waals surface area contributed by atoms with Gasteiger partial charge < -0.3 is 15.2 Å². The Kier molecular flexibility index (Phi) is 2.94. The van der Waals surface area contributed by atoms with Crippen LogP contribution in [0.3, 0.4) is 0 Å². The van der Waals surface area contributed by atoms with Gasteiger partial charge in [0.15, 0.2) is 11.5 Å². The van der Waals surface area contributed by atoms with Gasteiger partial charge in [-0.05, 0) is 37.3 Å². The maximum absolute atomic E-state index is 6.48. The molecule has 98 valence electrons. The molecule has 0 spiro atoms. The number of rotatable bonds is 2. The molecule has 3 rings (SSSR count). The minimum atomic E-state index is -0.129. The standard InChI is InChI=1S/C15H21NO2/c1-2-11-12(15(16)7-3-8-15)5-6-13-14(11)18-10-4-9-17-13/h5-6H,2-4,7-10,16H2,1H3. The quantitative estimate of drug-likeness (QED) is 0.874. The third-order valence-corrected chi connectivity index (χ3v) is 4.15. The van der Waals surface area contributed by atoms with E-state index in [2.05, 4.69) is 13.0 Å². The molecule has 1 heterocycles. The van der Waals surface area contributed by atoms with Crippen LogP contribution in [-0.4, -0.2) is 13.2 Å². The smallest absolute Gasteiger partial charge is 0.164 e. The van der Waals surface area contributed by atoms with Gasteiger partial charge in [0.2, 0.25) is 0 Å². The van der Waals surface area contributed by atoms with Crippen LogP contribution in [0.4, 0.5) is 0 Å².